The molecule has 1 heterocycles. The molecule has 0 aliphatic carbocycles. The van der Waals surface area contributed by atoms with E-state index in [4.69, 9.17) is 23.4 Å². The van der Waals surface area contributed by atoms with Crippen LogP contribution in [0.5, 0.6) is 34.5 Å². The second-order valence-corrected chi connectivity index (χ2v) is 6.67. The van der Waals surface area contributed by atoms with E-state index in [1.807, 2.05) is 0 Å². The largest absolute Gasteiger partial charge is 0.507 e. The lowest BCUT2D eigenvalue weighted by Gasteiger charge is -2.15. The van der Waals surface area contributed by atoms with Crippen molar-refractivity contribution in [2.24, 2.45) is 0 Å². The second kappa shape index (κ2) is 8.93. The number of allylic oxidation sites excluding steroid dienone is 1. The van der Waals surface area contributed by atoms with Crippen molar-refractivity contribution >= 4 is 16.9 Å². The van der Waals surface area contributed by atoms with Gasteiger partial charge in [-0.2, -0.15) is 0 Å². The highest BCUT2D eigenvalue weighted by Crippen LogP contribution is 2.43. The Balaban J connectivity index is 2.42. The van der Waals surface area contributed by atoms with Crippen molar-refractivity contribution in [1.82, 2.24) is 0 Å². The lowest BCUT2D eigenvalue weighted by molar-refractivity contribution is -0.130. The van der Waals surface area contributed by atoms with Gasteiger partial charge in [0.05, 0.1) is 21.3 Å². The van der Waals surface area contributed by atoms with Crippen molar-refractivity contribution < 1.29 is 38.4 Å². The molecule has 9 heteroatoms. The molecule has 0 aliphatic heterocycles. The first-order valence-electron chi connectivity index (χ1n) is 9.44. The van der Waals surface area contributed by atoms with Crippen LogP contribution in [0.25, 0.3) is 22.3 Å². The van der Waals surface area contributed by atoms with Gasteiger partial charge in [0.15, 0.2) is 28.6 Å². The highest BCUT2D eigenvalue weighted by Gasteiger charge is 2.26. The topological polar surface area (TPSA) is 125 Å². The average molecular weight is 442 g/mol. The normalized spacial score (nSPS) is 11.3. The molecule has 9 nitrogen and oxygen atoms in total. The highest BCUT2D eigenvalue weighted by atomic mass is 16.5. The molecular weight excluding hydrogens is 420 g/mol. The minimum absolute atomic E-state index is 0.135. The summed E-state index contributed by atoms with van der Waals surface area (Å²) in [7, 11) is 4.18. The van der Waals surface area contributed by atoms with Crippen LogP contribution >= 0.6 is 0 Å². The monoisotopic (exact) mass is 442 g/mol. The number of hydrogen-bond donors (Lipinski definition) is 2. The van der Waals surface area contributed by atoms with E-state index >= 15 is 0 Å². The maximum Gasteiger partial charge on any atom is 0.339 e. The number of phenols is 2. The summed E-state index contributed by atoms with van der Waals surface area (Å²) in [4.78, 5) is 25.8. The Kier molecular flexibility index (Phi) is 6.29. The molecule has 0 spiro atoms. The zero-order valence-corrected chi connectivity index (χ0v) is 18.1. The molecule has 3 rings (SSSR count). The number of phenolic OH excluding ortho intramolecular Hbond substituents is 2. The lowest BCUT2D eigenvalue weighted by Crippen LogP contribution is -2.17. The molecule has 0 unspecified atom stereocenters. The molecule has 0 bridgehead atoms. The zero-order valence-electron chi connectivity index (χ0n) is 18.1. The third kappa shape index (κ3) is 3.80. The Labute approximate surface area is 183 Å². The first-order chi connectivity index (χ1) is 15.3. The Morgan fingerprint density at radius 2 is 1.66 bits per heavy atom. The number of carbonyl (C=O) groups is 1. The highest BCUT2D eigenvalue weighted by molar-refractivity contribution is 5.95. The molecule has 0 aliphatic rings. The van der Waals surface area contributed by atoms with Crippen molar-refractivity contribution in [1.29, 1.82) is 0 Å². The van der Waals surface area contributed by atoms with E-state index in [0.29, 0.717) is 17.1 Å². The minimum Gasteiger partial charge on any atom is -0.507 e. The summed E-state index contributed by atoms with van der Waals surface area (Å²) >= 11 is 0. The van der Waals surface area contributed by atoms with E-state index in [9.17, 15) is 19.8 Å². The van der Waals surface area contributed by atoms with E-state index in [-0.39, 0.29) is 28.1 Å². The number of aromatic hydroxyl groups is 2. The molecule has 1 aromatic heterocycles. The fourth-order valence-corrected chi connectivity index (χ4v) is 3.04. The number of carbonyl (C=O) groups excluding carboxylic acids is 1. The molecule has 0 saturated heterocycles. The summed E-state index contributed by atoms with van der Waals surface area (Å²) in [6, 6.07) is 5.62. The van der Waals surface area contributed by atoms with Crippen LogP contribution in [0.3, 0.4) is 0 Å². The Hall–Kier alpha value is -4.14. The van der Waals surface area contributed by atoms with Crippen molar-refractivity contribution in [3.63, 3.8) is 0 Å². The van der Waals surface area contributed by atoms with Crippen LogP contribution in [-0.4, -0.2) is 37.5 Å². The van der Waals surface area contributed by atoms with Crippen molar-refractivity contribution in [2.75, 3.05) is 21.3 Å². The second-order valence-electron chi connectivity index (χ2n) is 6.67. The minimum atomic E-state index is -0.830. The van der Waals surface area contributed by atoms with Gasteiger partial charge in [-0.1, -0.05) is 6.08 Å². The SMILES string of the molecule is C/C=C(/C)C(=O)Oc1c(-c2ccc(OC)c(OC)c2)oc2c(OC)c(O)cc(O)c2c1=O. The third-order valence-corrected chi connectivity index (χ3v) is 4.84. The first-order valence-corrected chi connectivity index (χ1v) is 9.44. The van der Waals surface area contributed by atoms with Crippen LogP contribution in [0.15, 0.2) is 45.1 Å². The van der Waals surface area contributed by atoms with Gasteiger partial charge in [-0.15, -0.1) is 0 Å². The van der Waals surface area contributed by atoms with Crippen molar-refractivity contribution in [3.05, 3.63) is 46.1 Å². The summed E-state index contributed by atoms with van der Waals surface area (Å²) < 4.78 is 27.0. The van der Waals surface area contributed by atoms with Gasteiger partial charge >= 0.3 is 5.97 Å². The molecular formula is C23H22O9. The zero-order chi connectivity index (χ0) is 23.6. The molecule has 0 atom stereocenters. The Bertz CT molecular complexity index is 1290. The Morgan fingerprint density at radius 1 is 0.969 bits per heavy atom. The molecule has 32 heavy (non-hydrogen) atoms. The van der Waals surface area contributed by atoms with Crippen molar-refractivity contribution in [3.8, 4) is 45.8 Å². The summed E-state index contributed by atoms with van der Waals surface area (Å²) in [6.07, 6.45) is 1.53. The van der Waals surface area contributed by atoms with Gasteiger partial charge in [-0.05, 0) is 32.0 Å². The molecule has 3 aromatic rings. The number of fused-ring (bicyclic) bond motifs is 1. The first kappa shape index (κ1) is 22.5. The summed E-state index contributed by atoms with van der Waals surface area (Å²) in [5.41, 5.74) is -0.478. The summed E-state index contributed by atoms with van der Waals surface area (Å²) in [5.74, 6) is -1.76. The van der Waals surface area contributed by atoms with Gasteiger partial charge < -0.3 is 33.6 Å². The number of ether oxygens (including phenoxy) is 4. The quantitative estimate of drug-likeness (QED) is 0.433. The average Bonchev–Trinajstić information content (AvgIpc) is 2.79. The van der Waals surface area contributed by atoms with E-state index in [2.05, 4.69) is 0 Å². The number of rotatable bonds is 6. The number of methoxy groups -OCH3 is 3. The van der Waals surface area contributed by atoms with Crippen LogP contribution in [0, 0.1) is 0 Å². The maximum atomic E-state index is 13.3. The standard InChI is InChI=1S/C23H22O9/c1-6-11(2)23(27)32-22-18(26)17-13(24)10-14(25)20(30-5)21(17)31-19(22)12-7-8-15(28-3)16(9-12)29-4/h6-10,24-25H,1-5H3/b11-6-. The summed E-state index contributed by atoms with van der Waals surface area (Å²) in [5, 5.41) is 20.1. The van der Waals surface area contributed by atoms with E-state index in [1.165, 1.54) is 40.4 Å². The Morgan fingerprint density at radius 3 is 2.25 bits per heavy atom. The van der Waals surface area contributed by atoms with Gasteiger partial charge in [-0.3, -0.25) is 4.79 Å². The van der Waals surface area contributed by atoms with Crippen LogP contribution < -0.4 is 24.4 Å². The van der Waals surface area contributed by atoms with Gasteiger partial charge in [0, 0.05) is 17.2 Å². The number of hydrogen-bond acceptors (Lipinski definition) is 9. The predicted molar refractivity (Wildman–Crippen MR) is 116 cm³/mol. The van der Waals surface area contributed by atoms with Gasteiger partial charge in [-0.25, -0.2) is 4.79 Å². The number of esters is 1. The van der Waals surface area contributed by atoms with Gasteiger partial charge in [0.25, 0.3) is 0 Å². The fourth-order valence-electron chi connectivity index (χ4n) is 3.04. The van der Waals surface area contributed by atoms with E-state index in [1.54, 1.807) is 19.1 Å². The maximum absolute atomic E-state index is 13.3. The molecule has 2 aromatic carbocycles. The molecule has 0 fully saturated rings. The van der Waals surface area contributed by atoms with E-state index < -0.39 is 28.6 Å². The predicted octanol–water partition coefficient (Wildman–Crippen LogP) is 3.77. The van der Waals surface area contributed by atoms with Gasteiger partial charge in [0.2, 0.25) is 16.9 Å². The fraction of sp³-hybridized carbons (Fsp3) is 0.217. The third-order valence-electron chi connectivity index (χ3n) is 4.84. The summed E-state index contributed by atoms with van der Waals surface area (Å²) in [6.45, 7) is 3.17. The van der Waals surface area contributed by atoms with Crippen molar-refractivity contribution in [2.45, 2.75) is 13.8 Å². The van der Waals surface area contributed by atoms with Crippen LogP contribution in [0.1, 0.15) is 13.8 Å². The molecule has 168 valence electrons. The molecule has 0 amide bonds. The number of benzene rings is 2. The smallest absolute Gasteiger partial charge is 0.339 e. The molecule has 2 N–H and O–H groups in total. The van der Waals surface area contributed by atoms with Crippen LogP contribution in [0.2, 0.25) is 0 Å². The van der Waals surface area contributed by atoms with Crippen LogP contribution in [0.4, 0.5) is 0 Å². The van der Waals surface area contributed by atoms with Gasteiger partial charge in [0.1, 0.15) is 11.1 Å². The lowest BCUT2D eigenvalue weighted by atomic mass is 10.1. The van der Waals surface area contributed by atoms with Crippen LogP contribution in [-0.2, 0) is 4.79 Å². The van der Waals surface area contributed by atoms with E-state index in [0.717, 1.165) is 6.07 Å². The molecule has 0 saturated carbocycles. The molecule has 0 radical (unpaired) electrons.